The van der Waals surface area contributed by atoms with E-state index in [0.29, 0.717) is 0 Å². The molecule has 1 heteroatoms. The maximum atomic E-state index is 2.48. The highest BCUT2D eigenvalue weighted by Gasteiger charge is 2.44. The molecule has 1 aliphatic heterocycles. The van der Waals surface area contributed by atoms with Gasteiger partial charge in [-0.3, -0.25) is 0 Å². The molecule has 0 aromatic carbocycles. The van der Waals surface area contributed by atoms with E-state index >= 15 is 0 Å². The fourth-order valence-corrected chi connectivity index (χ4v) is 1.62. The van der Waals surface area contributed by atoms with Gasteiger partial charge in [0.2, 0.25) is 0 Å². The Morgan fingerprint density at radius 2 is 2.43 bits per heavy atom. The Labute approximate surface area is 44.3 Å². The highest BCUT2D eigenvalue weighted by molar-refractivity contribution is 4.99. The molecule has 0 N–H and O–H groups in total. The molecular weight excluding hydrogens is 86.1 g/mol. The fourth-order valence-electron chi connectivity index (χ4n) is 1.62. The smallest absolute Gasteiger partial charge is 0.0125 e. The van der Waals surface area contributed by atoms with Gasteiger partial charge in [-0.05, 0) is 32.4 Å². The molecule has 0 aromatic rings. The molecule has 2 rings (SSSR count). The summed E-state index contributed by atoms with van der Waals surface area (Å²) < 4.78 is 0. The van der Waals surface area contributed by atoms with Crippen LogP contribution >= 0.6 is 0 Å². The number of hydrogen-bond donors (Lipinski definition) is 0. The van der Waals surface area contributed by atoms with E-state index in [9.17, 15) is 0 Å². The summed E-state index contributed by atoms with van der Waals surface area (Å²) >= 11 is 0. The van der Waals surface area contributed by atoms with Gasteiger partial charge in [0.25, 0.3) is 0 Å². The van der Waals surface area contributed by atoms with Crippen molar-refractivity contribution in [2.75, 3.05) is 13.6 Å². The van der Waals surface area contributed by atoms with Crippen LogP contribution < -0.4 is 0 Å². The number of fused-ring (bicyclic) bond motifs is 1. The van der Waals surface area contributed by atoms with E-state index < -0.39 is 0 Å². The second-order valence-corrected chi connectivity index (χ2v) is 2.83. The number of nitrogens with zero attached hydrogens (tertiary/aromatic N) is 1. The zero-order chi connectivity index (χ0) is 4.85. The molecule has 0 aromatic heterocycles. The van der Waals surface area contributed by atoms with Gasteiger partial charge in [0, 0.05) is 6.04 Å². The van der Waals surface area contributed by atoms with Crippen molar-refractivity contribution in [1.29, 1.82) is 0 Å². The first-order valence-electron chi connectivity index (χ1n) is 3.08. The van der Waals surface area contributed by atoms with Gasteiger partial charge in [-0.25, -0.2) is 0 Å². The van der Waals surface area contributed by atoms with Gasteiger partial charge in [-0.1, -0.05) is 0 Å². The summed E-state index contributed by atoms with van der Waals surface area (Å²) in [6.07, 6.45) is 2.97. The first kappa shape index (κ1) is 3.90. The second kappa shape index (κ2) is 1.03. The Hall–Kier alpha value is -0.0400. The molecule has 2 atom stereocenters. The Morgan fingerprint density at radius 1 is 1.57 bits per heavy atom. The predicted octanol–water partition coefficient (Wildman–Crippen LogP) is 0.710. The predicted molar refractivity (Wildman–Crippen MR) is 29.1 cm³/mol. The zero-order valence-corrected chi connectivity index (χ0v) is 4.72. The van der Waals surface area contributed by atoms with Crippen LogP contribution in [0.2, 0.25) is 0 Å². The quantitative estimate of drug-likeness (QED) is 0.430. The topological polar surface area (TPSA) is 3.24 Å². The van der Waals surface area contributed by atoms with Gasteiger partial charge in [-0.2, -0.15) is 0 Å². The van der Waals surface area contributed by atoms with Gasteiger partial charge >= 0.3 is 0 Å². The van der Waals surface area contributed by atoms with Crippen molar-refractivity contribution in [2.45, 2.75) is 18.9 Å². The maximum absolute atomic E-state index is 2.48. The maximum Gasteiger partial charge on any atom is 0.0125 e. The van der Waals surface area contributed by atoms with Gasteiger partial charge in [-0.15, -0.1) is 0 Å². The third kappa shape index (κ3) is 0.418. The first-order chi connectivity index (χ1) is 3.38. The Morgan fingerprint density at radius 3 is 2.57 bits per heavy atom. The monoisotopic (exact) mass is 97.1 g/mol. The van der Waals surface area contributed by atoms with Crippen LogP contribution in [0.3, 0.4) is 0 Å². The standard InChI is InChI=1S/C6H11N/c1-7-3-2-5-4-6(5)7/h5-6H,2-4H2,1H3. The van der Waals surface area contributed by atoms with Crippen molar-refractivity contribution in [2.24, 2.45) is 5.92 Å². The Bertz CT molecular complexity index is 90.2. The van der Waals surface area contributed by atoms with E-state index in [4.69, 9.17) is 0 Å². The lowest BCUT2D eigenvalue weighted by Crippen LogP contribution is -2.16. The van der Waals surface area contributed by atoms with Crippen molar-refractivity contribution in [3.63, 3.8) is 0 Å². The molecule has 40 valence electrons. The fraction of sp³-hybridized carbons (Fsp3) is 1.00. The molecule has 2 fully saturated rings. The summed E-state index contributed by atoms with van der Waals surface area (Å²) in [6, 6.07) is 1.01. The van der Waals surface area contributed by atoms with Crippen molar-refractivity contribution in [3.05, 3.63) is 0 Å². The summed E-state index contributed by atoms with van der Waals surface area (Å²) in [5.41, 5.74) is 0. The van der Waals surface area contributed by atoms with Crippen LogP contribution in [0, 0.1) is 5.92 Å². The van der Waals surface area contributed by atoms with Gasteiger partial charge in [0.1, 0.15) is 0 Å². The van der Waals surface area contributed by atoms with Crippen LogP contribution in [0.5, 0.6) is 0 Å². The van der Waals surface area contributed by atoms with E-state index in [1.54, 1.807) is 0 Å². The van der Waals surface area contributed by atoms with Gasteiger partial charge in [0.15, 0.2) is 0 Å². The molecule has 2 unspecified atom stereocenters. The van der Waals surface area contributed by atoms with E-state index in [1.165, 1.54) is 19.4 Å². The summed E-state index contributed by atoms with van der Waals surface area (Å²) in [5, 5.41) is 0. The number of likely N-dealkylation sites (tertiary alicyclic amines) is 1. The molecule has 1 aliphatic carbocycles. The van der Waals surface area contributed by atoms with Gasteiger partial charge < -0.3 is 4.90 Å². The van der Waals surface area contributed by atoms with Crippen molar-refractivity contribution in [1.82, 2.24) is 4.90 Å². The molecule has 0 bridgehead atoms. The van der Waals surface area contributed by atoms with Crippen molar-refractivity contribution in [3.8, 4) is 0 Å². The molecule has 1 saturated heterocycles. The average Bonchev–Trinajstić information content (AvgIpc) is 2.33. The highest BCUT2D eigenvalue weighted by atomic mass is 15.2. The summed E-state index contributed by atoms with van der Waals surface area (Å²) in [7, 11) is 2.23. The molecule has 0 radical (unpaired) electrons. The lowest BCUT2D eigenvalue weighted by atomic mass is 10.3. The van der Waals surface area contributed by atoms with E-state index in [2.05, 4.69) is 11.9 Å². The van der Waals surface area contributed by atoms with Gasteiger partial charge in [0.05, 0.1) is 0 Å². The minimum atomic E-state index is 1.01. The SMILES string of the molecule is CN1CCC2CC21. The van der Waals surface area contributed by atoms with Crippen LogP contribution in [0.1, 0.15) is 12.8 Å². The van der Waals surface area contributed by atoms with E-state index in [-0.39, 0.29) is 0 Å². The van der Waals surface area contributed by atoms with Crippen molar-refractivity contribution < 1.29 is 0 Å². The summed E-state index contributed by atoms with van der Waals surface area (Å²) in [6.45, 7) is 1.36. The molecular formula is C6H11N. The van der Waals surface area contributed by atoms with Crippen LogP contribution in [0.25, 0.3) is 0 Å². The summed E-state index contributed by atoms with van der Waals surface area (Å²) in [4.78, 5) is 2.48. The number of piperidine rings is 1. The molecule has 1 saturated carbocycles. The number of hydrogen-bond acceptors (Lipinski definition) is 1. The van der Waals surface area contributed by atoms with E-state index in [0.717, 1.165) is 12.0 Å². The van der Waals surface area contributed by atoms with Crippen molar-refractivity contribution >= 4 is 0 Å². The molecule has 2 aliphatic rings. The summed E-state index contributed by atoms with van der Waals surface area (Å²) in [5.74, 6) is 1.12. The minimum Gasteiger partial charge on any atom is -0.303 e. The Balaban J connectivity index is 2.08. The molecule has 7 heavy (non-hydrogen) atoms. The molecule has 1 heterocycles. The second-order valence-electron chi connectivity index (χ2n) is 2.83. The molecule has 1 nitrogen and oxygen atoms in total. The Kier molecular flexibility index (Phi) is 0.571. The van der Waals surface area contributed by atoms with Crippen LogP contribution in [0.4, 0.5) is 0 Å². The minimum absolute atomic E-state index is 1.01. The number of rotatable bonds is 0. The normalized spacial score (nSPS) is 49.3. The van der Waals surface area contributed by atoms with Crippen LogP contribution in [-0.2, 0) is 0 Å². The lowest BCUT2D eigenvalue weighted by Gasteiger charge is -2.06. The molecule has 0 spiro atoms. The third-order valence-electron chi connectivity index (χ3n) is 2.30. The average molecular weight is 97.2 g/mol. The lowest BCUT2D eigenvalue weighted by molar-refractivity contribution is 0.369. The van der Waals surface area contributed by atoms with Crippen LogP contribution in [-0.4, -0.2) is 24.5 Å². The van der Waals surface area contributed by atoms with E-state index in [1.807, 2.05) is 0 Å². The third-order valence-corrected chi connectivity index (χ3v) is 2.30. The highest BCUT2D eigenvalue weighted by Crippen LogP contribution is 2.42. The zero-order valence-electron chi connectivity index (χ0n) is 4.72. The largest absolute Gasteiger partial charge is 0.303 e. The molecule has 0 amide bonds. The first-order valence-corrected chi connectivity index (χ1v) is 3.08. The van der Waals surface area contributed by atoms with Crippen LogP contribution in [0.15, 0.2) is 0 Å².